The molecular weight excluding hydrogens is 553 g/mol. The number of rotatable bonds is 2. The van der Waals surface area contributed by atoms with Gasteiger partial charge in [-0.2, -0.15) is 0 Å². The Bertz CT molecular complexity index is 3000. The summed E-state index contributed by atoms with van der Waals surface area (Å²) < 4.78 is 0. The van der Waals surface area contributed by atoms with Gasteiger partial charge in [0.05, 0.1) is 0 Å². The third-order valence-corrected chi connectivity index (χ3v) is 10.5. The predicted octanol–water partition coefficient (Wildman–Crippen LogP) is 13.1. The number of benzene rings is 9. The number of fused-ring (bicyclic) bond motifs is 10. The molecule has 0 bridgehead atoms. The van der Waals surface area contributed by atoms with Crippen LogP contribution < -0.4 is 0 Å². The zero-order valence-electron chi connectivity index (χ0n) is 25.0. The molecule has 0 aliphatic heterocycles. The normalized spacial score (nSPS) is 12.3. The Kier molecular flexibility index (Phi) is 4.66. The minimum Gasteiger partial charge on any atom is -0.0622 e. The summed E-state index contributed by atoms with van der Waals surface area (Å²) in [5.74, 6) is 0. The fraction of sp³-hybridized carbons (Fsp3) is 0. The van der Waals surface area contributed by atoms with E-state index in [2.05, 4.69) is 158 Å². The summed E-state index contributed by atoms with van der Waals surface area (Å²) in [5, 5.41) is 21.4. The fourth-order valence-corrected chi connectivity index (χ4v) is 8.58. The van der Waals surface area contributed by atoms with E-state index in [1.54, 1.807) is 0 Å². The number of hydrogen-bond acceptors (Lipinski definition) is 0. The first kappa shape index (κ1) is 24.4. The average molecular weight is 579 g/mol. The maximum Gasteiger partial charge on any atom is -0.00199 e. The van der Waals surface area contributed by atoms with Crippen LogP contribution in [0.2, 0.25) is 0 Å². The fourth-order valence-electron chi connectivity index (χ4n) is 8.58. The quantitative estimate of drug-likeness (QED) is 0.179. The van der Waals surface area contributed by atoms with Gasteiger partial charge in [0.15, 0.2) is 0 Å². The third-order valence-electron chi connectivity index (χ3n) is 10.5. The van der Waals surface area contributed by atoms with Gasteiger partial charge in [-0.15, -0.1) is 0 Å². The molecule has 11 aromatic rings. The summed E-state index contributed by atoms with van der Waals surface area (Å²) in [6, 6.07) is 58.9. The molecule has 11 rings (SSSR count). The van der Waals surface area contributed by atoms with E-state index in [-0.39, 0.29) is 0 Å². The van der Waals surface area contributed by atoms with Crippen molar-refractivity contribution in [2.45, 2.75) is 0 Å². The predicted molar refractivity (Wildman–Crippen MR) is 200 cm³/mol. The standard InChI is InChI=1S/C46H26/c1-2-10-27(11-3-1)29-12-4-5-13-30(29)33-22-23-39-43-25-40-28(24-41(43)38-19-9-17-36(33)45(38)39)20-21-34-37-18-8-16-35-31-14-6-7-15-32(31)44(46(35)37)26-42(34)40/h1-26H. The Morgan fingerprint density at radius 3 is 1.52 bits per heavy atom. The van der Waals surface area contributed by atoms with Crippen LogP contribution in [0.5, 0.6) is 0 Å². The van der Waals surface area contributed by atoms with Gasteiger partial charge >= 0.3 is 0 Å². The first-order valence-electron chi connectivity index (χ1n) is 16.1. The second kappa shape index (κ2) is 8.81. The van der Waals surface area contributed by atoms with Crippen LogP contribution in [0.3, 0.4) is 0 Å². The molecular formula is C46H26. The van der Waals surface area contributed by atoms with Gasteiger partial charge in [-0.3, -0.25) is 0 Å². The molecule has 0 spiro atoms. The highest BCUT2D eigenvalue weighted by Gasteiger charge is 2.19. The molecule has 0 atom stereocenters. The molecule has 0 aliphatic rings. The number of hydrogen-bond donors (Lipinski definition) is 0. The molecule has 0 fully saturated rings. The van der Waals surface area contributed by atoms with E-state index >= 15 is 0 Å². The lowest BCUT2D eigenvalue weighted by Gasteiger charge is -2.13. The topological polar surface area (TPSA) is 0 Å². The summed E-state index contributed by atoms with van der Waals surface area (Å²) in [5.41, 5.74) is 5.07. The lowest BCUT2D eigenvalue weighted by atomic mass is 9.90. The van der Waals surface area contributed by atoms with Crippen molar-refractivity contribution < 1.29 is 0 Å². The SMILES string of the molecule is c1ccc(-c2ccccc2-c2ccc3c4cc5c(ccc6c5cc5c7ccccc7c7cccc6c75)cc4c4cccc2c43)cc1. The van der Waals surface area contributed by atoms with E-state index in [0.717, 1.165) is 0 Å². The van der Waals surface area contributed by atoms with Gasteiger partial charge < -0.3 is 0 Å². The van der Waals surface area contributed by atoms with E-state index in [0.29, 0.717) is 0 Å². The van der Waals surface area contributed by atoms with Gasteiger partial charge in [0, 0.05) is 0 Å². The van der Waals surface area contributed by atoms with Gasteiger partial charge in [0.2, 0.25) is 0 Å². The molecule has 0 saturated heterocycles. The van der Waals surface area contributed by atoms with Crippen molar-refractivity contribution >= 4 is 86.2 Å². The van der Waals surface area contributed by atoms with Crippen molar-refractivity contribution in [1.29, 1.82) is 0 Å². The molecule has 0 heteroatoms. The highest BCUT2D eigenvalue weighted by atomic mass is 14.2. The van der Waals surface area contributed by atoms with Crippen molar-refractivity contribution in [1.82, 2.24) is 0 Å². The van der Waals surface area contributed by atoms with E-state index in [4.69, 9.17) is 0 Å². The third kappa shape index (κ3) is 3.08. The largest absolute Gasteiger partial charge is 0.0622 e. The van der Waals surface area contributed by atoms with Gasteiger partial charge in [-0.25, -0.2) is 0 Å². The highest BCUT2D eigenvalue weighted by Crippen LogP contribution is 2.47. The van der Waals surface area contributed by atoms with E-state index in [9.17, 15) is 0 Å². The average Bonchev–Trinajstić information content (AvgIpc) is 3.62. The molecule has 0 saturated carbocycles. The highest BCUT2D eigenvalue weighted by molar-refractivity contribution is 6.38. The van der Waals surface area contributed by atoms with Crippen molar-refractivity contribution in [3.05, 3.63) is 158 Å². The van der Waals surface area contributed by atoms with Crippen LogP contribution in [-0.2, 0) is 0 Å². The Labute approximate surface area is 265 Å². The van der Waals surface area contributed by atoms with Crippen LogP contribution >= 0.6 is 0 Å². The Morgan fingerprint density at radius 1 is 0.217 bits per heavy atom. The minimum absolute atomic E-state index is 1.24. The van der Waals surface area contributed by atoms with Crippen molar-refractivity contribution in [3.63, 3.8) is 0 Å². The van der Waals surface area contributed by atoms with Crippen LogP contribution in [0.4, 0.5) is 0 Å². The second-order valence-corrected chi connectivity index (χ2v) is 12.8. The molecule has 46 heavy (non-hydrogen) atoms. The van der Waals surface area contributed by atoms with Crippen molar-refractivity contribution in [2.24, 2.45) is 0 Å². The van der Waals surface area contributed by atoms with Crippen LogP contribution in [0.15, 0.2) is 158 Å². The van der Waals surface area contributed by atoms with Crippen molar-refractivity contribution in [3.8, 4) is 22.3 Å². The first-order chi connectivity index (χ1) is 22.8. The van der Waals surface area contributed by atoms with Gasteiger partial charge in [-0.05, 0) is 127 Å². The maximum absolute atomic E-state index is 2.47. The molecule has 0 amide bonds. The monoisotopic (exact) mass is 578 g/mol. The van der Waals surface area contributed by atoms with Crippen LogP contribution in [0.25, 0.3) is 108 Å². The summed E-state index contributed by atoms with van der Waals surface area (Å²) >= 11 is 0. The Balaban J connectivity index is 1.23. The molecule has 210 valence electrons. The zero-order valence-corrected chi connectivity index (χ0v) is 25.0. The van der Waals surface area contributed by atoms with E-state index in [1.807, 2.05) is 0 Å². The maximum atomic E-state index is 2.47. The second-order valence-electron chi connectivity index (χ2n) is 12.8. The zero-order chi connectivity index (χ0) is 29.9. The Morgan fingerprint density at radius 2 is 0.717 bits per heavy atom. The molecule has 11 aromatic carbocycles. The lowest BCUT2D eigenvalue weighted by Crippen LogP contribution is -1.86. The van der Waals surface area contributed by atoms with Gasteiger partial charge in [-0.1, -0.05) is 140 Å². The molecule has 0 nitrogen and oxygen atoms in total. The van der Waals surface area contributed by atoms with E-state index < -0.39 is 0 Å². The van der Waals surface area contributed by atoms with Gasteiger partial charge in [0.1, 0.15) is 0 Å². The molecule has 0 unspecified atom stereocenters. The van der Waals surface area contributed by atoms with Crippen molar-refractivity contribution in [2.75, 3.05) is 0 Å². The van der Waals surface area contributed by atoms with E-state index in [1.165, 1.54) is 108 Å². The molecule has 0 N–H and O–H groups in total. The molecule has 0 aliphatic carbocycles. The summed E-state index contributed by atoms with van der Waals surface area (Å²) in [6.07, 6.45) is 0. The first-order valence-corrected chi connectivity index (χ1v) is 16.1. The molecule has 0 radical (unpaired) electrons. The Hall–Kier alpha value is -5.98. The van der Waals surface area contributed by atoms with Gasteiger partial charge in [0.25, 0.3) is 0 Å². The lowest BCUT2D eigenvalue weighted by molar-refractivity contribution is 1.60. The smallest absolute Gasteiger partial charge is 0.00199 e. The van der Waals surface area contributed by atoms with Crippen LogP contribution in [0.1, 0.15) is 0 Å². The van der Waals surface area contributed by atoms with Crippen LogP contribution in [0, 0.1) is 0 Å². The summed E-state index contributed by atoms with van der Waals surface area (Å²) in [7, 11) is 0. The summed E-state index contributed by atoms with van der Waals surface area (Å²) in [6.45, 7) is 0. The molecule has 0 heterocycles. The summed E-state index contributed by atoms with van der Waals surface area (Å²) in [4.78, 5) is 0. The minimum atomic E-state index is 1.24. The van der Waals surface area contributed by atoms with Crippen LogP contribution in [-0.4, -0.2) is 0 Å². The molecule has 0 aromatic heterocycles.